The minimum atomic E-state index is -4.30. The summed E-state index contributed by atoms with van der Waals surface area (Å²) < 4.78 is 38.2. The van der Waals surface area contributed by atoms with Crippen LogP contribution in [0.25, 0.3) is 10.9 Å². The lowest BCUT2D eigenvalue weighted by Gasteiger charge is -2.08. The molecule has 0 saturated heterocycles. The van der Waals surface area contributed by atoms with Crippen molar-refractivity contribution in [2.75, 3.05) is 0 Å². The molecule has 1 aromatic heterocycles. The summed E-state index contributed by atoms with van der Waals surface area (Å²) in [5.74, 6) is -0.234. The molecule has 0 aliphatic rings. The highest BCUT2D eigenvalue weighted by Crippen LogP contribution is 2.25. The Balaban J connectivity index is 2.61. The minimum absolute atomic E-state index is 0.234. The molecule has 0 bridgehead atoms. The van der Waals surface area contributed by atoms with Crippen LogP contribution < -0.4 is 0 Å². The van der Waals surface area contributed by atoms with Crippen molar-refractivity contribution in [3.05, 3.63) is 36.0 Å². The number of hydrogen-bond donors (Lipinski definition) is 0. The Hall–Kier alpha value is -1.78. The summed E-state index contributed by atoms with van der Waals surface area (Å²) in [5.41, 5.74) is 0.750. The fourth-order valence-corrected chi connectivity index (χ4v) is 1.85. The van der Waals surface area contributed by atoms with E-state index >= 15 is 0 Å². The van der Waals surface area contributed by atoms with Gasteiger partial charge in [0.15, 0.2) is 5.78 Å². The van der Waals surface area contributed by atoms with Crippen LogP contribution in [0, 0.1) is 0 Å². The molecule has 5 heteroatoms. The summed E-state index contributed by atoms with van der Waals surface area (Å²) in [4.78, 5) is 11.3. The van der Waals surface area contributed by atoms with Crippen molar-refractivity contribution in [1.82, 2.24) is 4.57 Å². The minimum Gasteiger partial charge on any atom is -0.338 e. The first kappa shape index (κ1) is 11.7. The van der Waals surface area contributed by atoms with Gasteiger partial charge in [0.25, 0.3) is 0 Å². The lowest BCUT2D eigenvalue weighted by Crippen LogP contribution is -2.16. The molecule has 90 valence electrons. The van der Waals surface area contributed by atoms with Gasteiger partial charge in [0, 0.05) is 22.7 Å². The van der Waals surface area contributed by atoms with Crippen LogP contribution in [0.5, 0.6) is 0 Å². The first-order valence-corrected chi connectivity index (χ1v) is 5.04. The molecule has 0 saturated carbocycles. The average molecular weight is 241 g/mol. The third-order valence-electron chi connectivity index (χ3n) is 2.52. The van der Waals surface area contributed by atoms with E-state index in [1.165, 1.54) is 13.1 Å². The number of benzene rings is 1. The second-order valence-electron chi connectivity index (χ2n) is 3.86. The van der Waals surface area contributed by atoms with Crippen molar-refractivity contribution in [2.45, 2.75) is 19.6 Å². The number of carbonyl (C=O) groups excluding carboxylic acids is 1. The number of ketones is 1. The Morgan fingerprint density at radius 1 is 1.29 bits per heavy atom. The van der Waals surface area contributed by atoms with E-state index in [0.29, 0.717) is 16.5 Å². The lowest BCUT2D eigenvalue weighted by molar-refractivity contribution is -0.139. The van der Waals surface area contributed by atoms with Crippen LogP contribution in [0.1, 0.15) is 17.3 Å². The molecule has 0 fully saturated rings. The standard InChI is InChI=1S/C12H10F3NO/c1-8(17)10-6-16(7-12(13,14)15)11-5-3-2-4-9(10)11/h2-6H,7H2,1H3. The van der Waals surface area contributed by atoms with Gasteiger partial charge in [-0.2, -0.15) is 13.2 Å². The monoisotopic (exact) mass is 241 g/mol. The van der Waals surface area contributed by atoms with Crippen molar-refractivity contribution in [1.29, 1.82) is 0 Å². The number of hydrogen-bond acceptors (Lipinski definition) is 1. The maximum absolute atomic E-state index is 12.4. The molecule has 1 heterocycles. The molecule has 2 nitrogen and oxygen atoms in total. The van der Waals surface area contributed by atoms with Crippen molar-refractivity contribution in [3.8, 4) is 0 Å². The summed E-state index contributed by atoms with van der Waals surface area (Å²) in [5, 5.41) is 0.559. The van der Waals surface area contributed by atoms with Gasteiger partial charge in [-0.05, 0) is 13.0 Å². The van der Waals surface area contributed by atoms with Gasteiger partial charge in [-0.15, -0.1) is 0 Å². The number of rotatable bonds is 2. The van der Waals surface area contributed by atoms with Gasteiger partial charge >= 0.3 is 6.18 Å². The molecule has 0 radical (unpaired) electrons. The zero-order valence-electron chi connectivity index (χ0n) is 9.08. The molecular formula is C12H10F3NO. The van der Waals surface area contributed by atoms with Gasteiger partial charge in [0.05, 0.1) is 0 Å². The summed E-state index contributed by atoms with van der Waals surface area (Å²) in [7, 11) is 0. The first-order chi connectivity index (χ1) is 7.88. The van der Waals surface area contributed by atoms with E-state index in [1.807, 2.05) is 0 Å². The summed E-state index contributed by atoms with van der Waals surface area (Å²) in [6.45, 7) is 0.264. The van der Waals surface area contributed by atoms with Crippen molar-refractivity contribution >= 4 is 16.7 Å². The molecule has 0 N–H and O–H groups in total. The van der Waals surface area contributed by atoms with Gasteiger partial charge in [-0.25, -0.2) is 0 Å². The van der Waals surface area contributed by atoms with Crippen LogP contribution in [0.2, 0.25) is 0 Å². The Labute approximate surface area is 95.7 Å². The van der Waals surface area contributed by atoms with Crippen molar-refractivity contribution < 1.29 is 18.0 Å². The van der Waals surface area contributed by atoms with E-state index < -0.39 is 12.7 Å². The van der Waals surface area contributed by atoms with E-state index in [0.717, 1.165) is 4.57 Å². The number of para-hydroxylation sites is 1. The van der Waals surface area contributed by atoms with Crippen LogP contribution in [0.3, 0.4) is 0 Å². The Kier molecular flexibility index (Phi) is 2.69. The molecule has 0 spiro atoms. The van der Waals surface area contributed by atoms with Crippen LogP contribution in [0.4, 0.5) is 13.2 Å². The Morgan fingerprint density at radius 3 is 2.53 bits per heavy atom. The van der Waals surface area contributed by atoms with E-state index in [-0.39, 0.29) is 5.78 Å². The van der Waals surface area contributed by atoms with Gasteiger partial charge in [0.2, 0.25) is 0 Å². The third kappa shape index (κ3) is 2.33. The second kappa shape index (κ2) is 3.91. The van der Waals surface area contributed by atoms with Crippen LogP contribution in [0.15, 0.2) is 30.5 Å². The molecule has 0 aliphatic heterocycles. The van der Waals surface area contributed by atoms with Gasteiger partial charge in [-0.3, -0.25) is 4.79 Å². The molecule has 0 amide bonds. The van der Waals surface area contributed by atoms with Gasteiger partial charge in [0.1, 0.15) is 6.54 Å². The molecule has 17 heavy (non-hydrogen) atoms. The molecule has 2 aromatic rings. The third-order valence-corrected chi connectivity index (χ3v) is 2.52. The highest BCUT2D eigenvalue weighted by atomic mass is 19.4. The lowest BCUT2D eigenvalue weighted by atomic mass is 10.1. The second-order valence-corrected chi connectivity index (χ2v) is 3.86. The maximum Gasteiger partial charge on any atom is 0.406 e. The maximum atomic E-state index is 12.4. The number of alkyl halides is 3. The number of carbonyl (C=O) groups is 1. The van der Waals surface area contributed by atoms with E-state index in [2.05, 4.69) is 0 Å². The largest absolute Gasteiger partial charge is 0.406 e. The van der Waals surface area contributed by atoms with Crippen LogP contribution in [-0.2, 0) is 6.54 Å². The van der Waals surface area contributed by atoms with Crippen LogP contribution in [-0.4, -0.2) is 16.5 Å². The number of fused-ring (bicyclic) bond motifs is 1. The first-order valence-electron chi connectivity index (χ1n) is 5.04. The zero-order valence-corrected chi connectivity index (χ0v) is 9.08. The average Bonchev–Trinajstić information content (AvgIpc) is 2.55. The normalized spacial score (nSPS) is 12.0. The number of aromatic nitrogens is 1. The molecule has 0 atom stereocenters. The van der Waals surface area contributed by atoms with Crippen molar-refractivity contribution in [3.63, 3.8) is 0 Å². The summed E-state index contributed by atoms with van der Waals surface area (Å²) in [6.07, 6.45) is -3.03. The number of nitrogens with zero attached hydrogens (tertiary/aromatic N) is 1. The van der Waals surface area contributed by atoms with Gasteiger partial charge < -0.3 is 4.57 Å². The predicted octanol–water partition coefficient (Wildman–Crippen LogP) is 3.41. The summed E-state index contributed by atoms with van der Waals surface area (Å²) >= 11 is 0. The topological polar surface area (TPSA) is 22.0 Å². The Bertz CT molecular complexity index is 569. The SMILES string of the molecule is CC(=O)c1cn(CC(F)(F)F)c2ccccc12. The fourth-order valence-electron chi connectivity index (χ4n) is 1.85. The van der Waals surface area contributed by atoms with E-state index in [4.69, 9.17) is 0 Å². The van der Waals surface area contributed by atoms with Crippen molar-refractivity contribution in [2.24, 2.45) is 0 Å². The fraction of sp³-hybridized carbons (Fsp3) is 0.250. The number of Topliss-reactive ketones (excluding diaryl/α,β-unsaturated/α-hetero) is 1. The van der Waals surface area contributed by atoms with E-state index in [1.54, 1.807) is 24.3 Å². The van der Waals surface area contributed by atoms with E-state index in [9.17, 15) is 18.0 Å². The molecule has 0 aliphatic carbocycles. The quantitative estimate of drug-likeness (QED) is 0.738. The molecule has 2 rings (SSSR count). The zero-order chi connectivity index (χ0) is 12.6. The smallest absolute Gasteiger partial charge is 0.338 e. The predicted molar refractivity (Wildman–Crippen MR) is 58.0 cm³/mol. The number of halogens is 3. The highest BCUT2D eigenvalue weighted by molar-refractivity contribution is 6.06. The molecule has 1 aromatic carbocycles. The highest BCUT2D eigenvalue weighted by Gasteiger charge is 2.29. The molecular weight excluding hydrogens is 231 g/mol. The Morgan fingerprint density at radius 2 is 1.94 bits per heavy atom. The summed E-state index contributed by atoms with van der Waals surface area (Å²) in [6, 6.07) is 6.58. The van der Waals surface area contributed by atoms with Gasteiger partial charge in [-0.1, -0.05) is 18.2 Å². The molecule has 0 unspecified atom stereocenters. The van der Waals surface area contributed by atoms with Crippen LogP contribution >= 0.6 is 0 Å².